The van der Waals surface area contributed by atoms with Crippen molar-refractivity contribution in [3.05, 3.63) is 53.3 Å². The summed E-state index contributed by atoms with van der Waals surface area (Å²) >= 11 is 3.27. The minimum atomic E-state index is 0.498. The highest BCUT2D eigenvalue weighted by Gasteiger charge is 1.95. The molecule has 2 rings (SSSR count). The molecule has 4 heteroatoms. The Morgan fingerprint density at radius 2 is 1.59 bits per heavy atom. The Bertz CT molecular complexity index is 445. The van der Waals surface area contributed by atoms with E-state index < -0.39 is 0 Å². The Balaban J connectivity index is 1.71. The van der Waals surface area contributed by atoms with Gasteiger partial charge in [0.15, 0.2) is 0 Å². The first kappa shape index (κ1) is 11.9. The molecule has 17 heavy (non-hydrogen) atoms. The maximum atomic E-state index is 5.50. The van der Waals surface area contributed by atoms with Crippen LogP contribution in [0.4, 0.5) is 0 Å². The average molecular weight is 294 g/mol. The number of benzene rings is 1. The zero-order chi connectivity index (χ0) is 11.9. The van der Waals surface area contributed by atoms with E-state index in [0.29, 0.717) is 13.2 Å². The lowest BCUT2D eigenvalue weighted by atomic mass is 10.3. The van der Waals surface area contributed by atoms with Gasteiger partial charge in [0.1, 0.15) is 29.3 Å². The van der Waals surface area contributed by atoms with Gasteiger partial charge in [0.05, 0.1) is 6.20 Å². The molecular weight excluding hydrogens is 282 g/mol. The van der Waals surface area contributed by atoms with Crippen molar-refractivity contribution in [3.8, 4) is 11.5 Å². The molecule has 0 saturated heterocycles. The van der Waals surface area contributed by atoms with Gasteiger partial charge in [-0.1, -0.05) is 18.2 Å². The van der Waals surface area contributed by atoms with Gasteiger partial charge in [-0.3, -0.25) is 0 Å². The Kier molecular flexibility index (Phi) is 4.38. The van der Waals surface area contributed by atoms with Crippen LogP contribution in [0.25, 0.3) is 0 Å². The van der Waals surface area contributed by atoms with Crippen LogP contribution in [0.3, 0.4) is 0 Å². The molecular formula is C13H12BrNO2. The van der Waals surface area contributed by atoms with Crippen LogP contribution < -0.4 is 9.47 Å². The number of ether oxygens (including phenoxy) is 2. The molecule has 2 aromatic rings. The first-order valence-electron chi connectivity index (χ1n) is 5.27. The number of para-hydroxylation sites is 1. The Morgan fingerprint density at radius 3 is 2.24 bits per heavy atom. The molecule has 3 nitrogen and oxygen atoms in total. The molecule has 0 spiro atoms. The van der Waals surface area contributed by atoms with Gasteiger partial charge in [-0.15, -0.1) is 0 Å². The predicted octanol–water partition coefficient (Wildman–Crippen LogP) is 3.30. The lowest BCUT2D eigenvalue weighted by molar-refractivity contribution is 0.216. The van der Waals surface area contributed by atoms with Crippen LogP contribution in [0.5, 0.6) is 11.5 Å². The van der Waals surface area contributed by atoms with E-state index in [-0.39, 0.29) is 0 Å². The van der Waals surface area contributed by atoms with Crippen molar-refractivity contribution in [2.75, 3.05) is 13.2 Å². The normalized spacial score (nSPS) is 9.94. The molecule has 88 valence electrons. The third-order valence-corrected chi connectivity index (χ3v) is 2.53. The zero-order valence-corrected chi connectivity index (χ0v) is 10.8. The molecule has 1 heterocycles. The summed E-state index contributed by atoms with van der Waals surface area (Å²) in [6.45, 7) is 1.01. The van der Waals surface area contributed by atoms with Crippen molar-refractivity contribution in [2.24, 2.45) is 0 Å². The fourth-order valence-corrected chi connectivity index (χ4v) is 1.52. The third-order valence-electron chi connectivity index (χ3n) is 2.06. The summed E-state index contributed by atoms with van der Waals surface area (Å²) in [6, 6.07) is 13.4. The summed E-state index contributed by atoms with van der Waals surface area (Å²) in [4.78, 5) is 4.07. The van der Waals surface area contributed by atoms with Crippen molar-refractivity contribution in [2.45, 2.75) is 0 Å². The van der Waals surface area contributed by atoms with E-state index in [9.17, 15) is 0 Å². The number of hydrogen-bond acceptors (Lipinski definition) is 3. The first-order valence-corrected chi connectivity index (χ1v) is 6.06. The highest BCUT2D eigenvalue weighted by Crippen LogP contribution is 2.13. The smallest absolute Gasteiger partial charge is 0.137 e. The Hall–Kier alpha value is -1.55. The van der Waals surface area contributed by atoms with Crippen molar-refractivity contribution >= 4 is 15.9 Å². The lowest BCUT2D eigenvalue weighted by Crippen LogP contribution is -2.08. The van der Waals surface area contributed by atoms with E-state index in [1.807, 2.05) is 42.5 Å². The number of rotatable bonds is 5. The summed E-state index contributed by atoms with van der Waals surface area (Å²) in [6.07, 6.45) is 1.67. The van der Waals surface area contributed by atoms with Crippen molar-refractivity contribution in [1.29, 1.82) is 0 Å². The number of pyridine rings is 1. The second kappa shape index (κ2) is 6.25. The third kappa shape index (κ3) is 4.07. The predicted molar refractivity (Wildman–Crippen MR) is 69.4 cm³/mol. The van der Waals surface area contributed by atoms with Gasteiger partial charge in [-0.2, -0.15) is 0 Å². The largest absolute Gasteiger partial charge is 0.490 e. The molecule has 0 N–H and O–H groups in total. The number of nitrogens with zero attached hydrogens (tertiary/aromatic N) is 1. The van der Waals surface area contributed by atoms with Crippen LogP contribution in [0.15, 0.2) is 53.3 Å². The fourth-order valence-electron chi connectivity index (χ4n) is 1.28. The minimum Gasteiger partial charge on any atom is -0.490 e. The molecule has 0 aliphatic carbocycles. The molecule has 0 unspecified atom stereocenters. The van der Waals surface area contributed by atoms with E-state index in [1.165, 1.54) is 0 Å². The molecule has 0 amide bonds. The van der Waals surface area contributed by atoms with Crippen molar-refractivity contribution in [1.82, 2.24) is 4.98 Å². The van der Waals surface area contributed by atoms with Crippen LogP contribution in [-0.4, -0.2) is 18.2 Å². The number of hydrogen-bond donors (Lipinski definition) is 0. The van der Waals surface area contributed by atoms with E-state index in [2.05, 4.69) is 20.9 Å². The maximum absolute atomic E-state index is 5.50. The van der Waals surface area contributed by atoms with Crippen LogP contribution in [0.1, 0.15) is 0 Å². The van der Waals surface area contributed by atoms with E-state index >= 15 is 0 Å². The molecule has 0 fully saturated rings. The second-order valence-electron chi connectivity index (χ2n) is 3.33. The van der Waals surface area contributed by atoms with E-state index in [4.69, 9.17) is 9.47 Å². The standard InChI is InChI=1S/C13H12BrNO2/c14-13-7-6-12(10-15-13)17-9-8-16-11-4-2-1-3-5-11/h1-7,10H,8-9H2. The van der Waals surface area contributed by atoms with E-state index in [0.717, 1.165) is 16.1 Å². The van der Waals surface area contributed by atoms with Gasteiger partial charge in [0.25, 0.3) is 0 Å². The molecule has 0 bridgehead atoms. The highest BCUT2D eigenvalue weighted by molar-refractivity contribution is 9.10. The van der Waals surface area contributed by atoms with Gasteiger partial charge in [-0.05, 0) is 40.2 Å². The topological polar surface area (TPSA) is 31.4 Å². The molecule has 0 aliphatic heterocycles. The van der Waals surface area contributed by atoms with Crippen molar-refractivity contribution < 1.29 is 9.47 Å². The summed E-state index contributed by atoms with van der Waals surface area (Å²) in [5.41, 5.74) is 0. The van der Waals surface area contributed by atoms with Gasteiger partial charge in [0, 0.05) is 0 Å². The van der Waals surface area contributed by atoms with Crippen LogP contribution >= 0.6 is 15.9 Å². The van der Waals surface area contributed by atoms with Gasteiger partial charge in [0.2, 0.25) is 0 Å². The van der Waals surface area contributed by atoms with E-state index in [1.54, 1.807) is 6.20 Å². The minimum absolute atomic E-state index is 0.498. The average Bonchev–Trinajstić information content (AvgIpc) is 2.38. The molecule has 0 saturated carbocycles. The van der Waals surface area contributed by atoms with Gasteiger partial charge in [-0.25, -0.2) is 4.98 Å². The Labute approximate surface area is 109 Å². The van der Waals surface area contributed by atoms with Crippen LogP contribution in [0.2, 0.25) is 0 Å². The molecule has 1 aromatic heterocycles. The quantitative estimate of drug-likeness (QED) is 0.626. The summed E-state index contributed by atoms with van der Waals surface area (Å²) in [5.74, 6) is 1.59. The Morgan fingerprint density at radius 1 is 0.882 bits per heavy atom. The van der Waals surface area contributed by atoms with Crippen molar-refractivity contribution in [3.63, 3.8) is 0 Å². The van der Waals surface area contributed by atoms with Crippen LogP contribution in [-0.2, 0) is 0 Å². The molecule has 0 radical (unpaired) electrons. The fraction of sp³-hybridized carbons (Fsp3) is 0.154. The molecule has 0 aliphatic rings. The summed E-state index contributed by atoms with van der Waals surface area (Å²) < 4.78 is 11.8. The monoisotopic (exact) mass is 293 g/mol. The highest BCUT2D eigenvalue weighted by atomic mass is 79.9. The molecule has 0 atom stereocenters. The number of aromatic nitrogens is 1. The van der Waals surface area contributed by atoms with Crippen LogP contribution in [0, 0.1) is 0 Å². The molecule has 1 aromatic carbocycles. The zero-order valence-electron chi connectivity index (χ0n) is 9.17. The summed E-state index contributed by atoms with van der Waals surface area (Å²) in [7, 11) is 0. The second-order valence-corrected chi connectivity index (χ2v) is 4.14. The maximum Gasteiger partial charge on any atom is 0.137 e. The van der Waals surface area contributed by atoms with Gasteiger partial charge >= 0.3 is 0 Å². The first-order chi connectivity index (χ1) is 8.34. The summed E-state index contributed by atoms with van der Waals surface area (Å²) in [5, 5.41) is 0. The SMILES string of the molecule is Brc1ccc(OCCOc2ccccc2)cn1. The van der Waals surface area contributed by atoms with Gasteiger partial charge < -0.3 is 9.47 Å². The lowest BCUT2D eigenvalue weighted by Gasteiger charge is -2.07. The number of halogens is 1.